The van der Waals surface area contributed by atoms with E-state index in [4.69, 9.17) is 28.3 Å². The van der Waals surface area contributed by atoms with E-state index in [2.05, 4.69) is 20.6 Å². The predicted octanol–water partition coefficient (Wildman–Crippen LogP) is 1.42. The number of nitrogens with two attached hydrogens (primary N) is 2. The van der Waals surface area contributed by atoms with Gasteiger partial charge in [-0.1, -0.05) is 17.7 Å². The number of aromatic hydroxyl groups is 1. The van der Waals surface area contributed by atoms with E-state index in [0.29, 0.717) is 11.1 Å². The van der Waals surface area contributed by atoms with Crippen LogP contribution in [0.4, 0.5) is 17.3 Å². The highest BCUT2D eigenvalue weighted by atomic mass is 35.5. The van der Waals surface area contributed by atoms with Crippen LogP contribution >= 0.6 is 11.6 Å². The standard InChI is InChI=1S/C15H11ClN8O/c16-8-3-6(1-2-9(8)25)12-10-11(19)7(4-17)13(20)23-14(10)24-15(22-12)21-5-18/h1-3,12,25H,(H6,19,20,21,22,23,24). The Labute approximate surface area is 147 Å². The summed E-state index contributed by atoms with van der Waals surface area (Å²) in [4.78, 5) is 8.53. The molecule has 1 unspecified atom stereocenters. The van der Waals surface area contributed by atoms with Crippen LogP contribution in [0.25, 0.3) is 0 Å². The van der Waals surface area contributed by atoms with Crippen LogP contribution in [0.5, 0.6) is 5.75 Å². The summed E-state index contributed by atoms with van der Waals surface area (Å²) in [6.07, 6.45) is 1.76. The first-order chi connectivity index (χ1) is 12.0. The minimum atomic E-state index is -0.703. The fourth-order valence-electron chi connectivity index (χ4n) is 2.52. The number of nitrogen functional groups attached to an aromatic ring is 2. The summed E-state index contributed by atoms with van der Waals surface area (Å²) >= 11 is 5.98. The molecule has 3 rings (SSSR count). The van der Waals surface area contributed by atoms with Crippen LogP contribution < -0.4 is 22.1 Å². The van der Waals surface area contributed by atoms with Gasteiger partial charge in [0.05, 0.1) is 10.7 Å². The number of hydrogen-bond acceptors (Lipinski definition) is 9. The van der Waals surface area contributed by atoms with E-state index in [0.717, 1.165) is 0 Å². The Hall–Kier alpha value is -3.69. The van der Waals surface area contributed by atoms with E-state index in [1.165, 1.54) is 12.1 Å². The van der Waals surface area contributed by atoms with E-state index >= 15 is 0 Å². The maximum atomic E-state index is 9.61. The van der Waals surface area contributed by atoms with Gasteiger partial charge in [-0.15, -0.1) is 0 Å². The average molecular weight is 355 g/mol. The average Bonchev–Trinajstić information content (AvgIpc) is 2.57. The Kier molecular flexibility index (Phi) is 3.93. The molecule has 0 saturated carbocycles. The monoisotopic (exact) mass is 354 g/mol. The number of fused-ring (bicyclic) bond motifs is 1. The minimum absolute atomic E-state index is 0.0352. The second-order valence-corrected chi connectivity index (χ2v) is 5.52. The van der Waals surface area contributed by atoms with Crippen LogP contribution in [0, 0.1) is 22.8 Å². The van der Waals surface area contributed by atoms with Crippen LogP contribution in [-0.4, -0.2) is 16.1 Å². The first-order valence-corrected chi connectivity index (χ1v) is 7.31. The summed E-state index contributed by atoms with van der Waals surface area (Å²) < 4.78 is 0. The van der Waals surface area contributed by atoms with E-state index in [-0.39, 0.29) is 39.6 Å². The van der Waals surface area contributed by atoms with Crippen molar-refractivity contribution in [1.29, 1.82) is 10.5 Å². The number of nitrogens with one attached hydrogen (secondary N) is 2. The fraction of sp³-hybridized carbons (Fsp3) is 0.0667. The Bertz CT molecular complexity index is 988. The van der Waals surface area contributed by atoms with Crippen molar-refractivity contribution in [3.8, 4) is 18.0 Å². The van der Waals surface area contributed by atoms with Crippen molar-refractivity contribution < 1.29 is 5.11 Å². The Balaban J connectivity index is 2.25. The third-order valence-corrected chi connectivity index (χ3v) is 3.95. The van der Waals surface area contributed by atoms with Gasteiger partial charge in [-0.05, 0) is 17.7 Å². The molecular weight excluding hydrogens is 344 g/mol. The number of aliphatic imine (C=N–C) groups is 1. The summed E-state index contributed by atoms with van der Waals surface area (Å²) in [5, 5.41) is 33.1. The summed E-state index contributed by atoms with van der Waals surface area (Å²) in [7, 11) is 0. The lowest BCUT2D eigenvalue weighted by atomic mass is 9.95. The number of halogens is 1. The molecule has 0 aliphatic carbocycles. The maximum absolute atomic E-state index is 9.61. The highest BCUT2D eigenvalue weighted by molar-refractivity contribution is 6.32. The zero-order valence-corrected chi connectivity index (χ0v) is 13.3. The number of hydrogen-bond donors (Lipinski definition) is 5. The number of phenols is 1. The van der Waals surface area contributed by atoms with Gasteiger partial charge in [0.1, 0.15) is 35.1 Å². The lowest BCUT2D eigenvalue weighted by Gasteiger charge is -2.26. The minimum Gasteiger partial charge on any atom is -0.506 e. The molecule has 0 bridgehead atoms. The molecule has 124 valence electrons. The molecular formula is C15H11ClN8O. The predicted molar refractivity (Wildman–Crippen MR) is 92.5 cm³/mol. The highest BCUT2D eigenvalue weighted by Crippen LogP contribution is 2.41. The molecule has 25 heavy (non-hydrogen) atoms. The molecule has 1 aromatic carbocycles. The summed E-state index contributed by atoms with van der Waals surface area (Å²) in [6, 6.07) is 5.76. The number of aromatic nitrogens is 1. The molecule has 7 N–H and O–H groups in total. The van der Waals surface area contributed by atoms with E-state index in [9.17, 15) is 10.4 Å². The van der Waals surface area contributed by atoms with Crippen LogP contribution in [-0.2, 0) is 0 Å². The first-order valence-electron chi connectivity index (χ1n) is 6.93. The van der Waals surface area contributed by atoms with Crippen LogP contribution in [0.15, 0.2) is 23.2 Å². The molecule has 0 fully saturated rings. The molecule has 0 spiro atoms. The molecule has 0 amide bonds. The van der Waals surface area contributed by atoms with Gasteiger partial charge in [-0.2, -0.15) is 10.5 Å². The number of anilines is 3. The number of nitriles is 2. The summed E-state index contributed by atoms with van der Waals surface area (Å²) in [5.74, 6) is 0.295. The molecule has 2 heterocycles. The fourth-order valence-corrected chi connectivity index (χ4v) is 2.70. The number of pyridine rings is 1. The Morgan fingerprint density at radius 2 is 2.08 bits per heavy atom. The lowest BCUT2D eigenvalue weighted by molar-refractivity contribution is 0.475. The topological polar surface area (TPSA) is 169 Å². The normalized spacial score (nSPS) is 15.2. The molecule has 1 aliphatic heterocycles. The van der Waals surface area contributed by atoms with Gasteiger partial charge in [0.25, 0.3) is 0 Å². The second-order valence-electron chi connectivity index (χ2n) is 5.11. The molecule has 2 aromatic rings. The third kappa shape index (κ3) is 2.69. The zero-order chi connectivity index (χ0) is 18.1. The van der Waals surface area contributed by atoms with Gasteiger partial charge in [-0.25, -0.2) is 9.98 Å². The van der Waals surface area contributed by atoms with Crippen molar-refractivity contribution in [1.82, 2.24) is 10.3 Å². The van der Waals surface area contributed by atoms with Crippen molar-refractivity contribution in [2.24, 2.45) is 4.99 Å². The van der Waals surface area contributed by atoms with Crippen LogP contribution in [0.2, 0.25) is 5.02 Å². The molecule has 1 atom stereocenters. The van der Waals surface area contributed by atoms with Crippen LogP contribution in [0.1, 0.15) is 22.7 Å². The van der Waals surface area contributed by atoms with Gasteiger partial charge >= 0.3 is 0 Å². The summed E-state index contributed by atoms with van der Waals surface area (Å²) in [6.45, 7) is 0. The molecule has 1 aromatic heterocycles. The van der Waals surface area contributed by atoms with Gasteiger partial charge < -0.3 is 21.9 Å². The third-order valence-electron chi connectivity index (χ3n) is 3.65. The highest BCUT2D eigenvalue weighted by Gasteiger charge is 2.29. The van der Waals surface area contributed by atoms with Gasteiger partial charge in [0.2, 0.25) is 5.96 Å². The molecule has 10 heteroatoms. The first kappa shape index (κ1) is 16.2. The number of benzene rings is 1. The van der Waals surface area contributed by atoms with E-state index in [1.807, 2.05) is 6.07 Å². The van der Waals surface area contributed by atoms with Gasteiger partial charge in [-0.3, -0.25) is 5.32 Å². The maximum Gasteiger partial charge on any atom is 0.211 e. The number of guanidine groups is 1. The second kappa shape index (κ2) is 6.07. The molecule has 9 nitrogen and oxygen atoms in total. The molecule has 1 aliphatic rings. The Morgan fingerprint density at radius 1 is 1.32 bits per heavy atom. The zero-order valence-electron chi connectivity index (χ0n) is 12.6. The summed E-state index contributed by atoms with van der Waals surface area (Å²) in [5.41, 5.74) is 13.1. The smallest absolute Gasteiger partial charge is 0.211 e. The number of nitrogens with zero attached hydrogens (tertiary/aromatic N) is 4. The van der Waals surface area contributed by atoms with E-state index in [1.54, 1.807) is 12.3 Å². The van der Waals surface area contributed by atoms with Crippen LogP contribution in [0.3, 0.4) is 0 Å². The lowest BCUT2D eigenvalue weighted by Crippen LogP contribution is -2.32. The number of rotatable bonds is 1. The SMILES string of the molecule is N#CNC1=NC(c2ccc(O)c(Cl)c2)c2c(nc(N)c(C#N)c2N)N1. The number of phenolic OH excluding ortho intramolecular Hbond substituents is 1. The van der Waals surface area contributed by atoms with Crippen molar-refractivity contribution in [2.45, 2.75) is 6.04 Å². The van der Waals surface area contributed by atoms with Crippen molar-refractivity contribution >= 4 is 34.9 Å². The van der Waals surface area contributed by atoms with Gasteiger partial charge in [0, 0.05) is 5.56 Å². The van der Waals surface area contributed by atoms with Crippen molar-refractivity contribution in [2.75, 3.05) is 16.8 Å². The van der Waals surface area contributed by atoms with E-state index < -0.39 is 6.04 Å². The van der Waals surface area contributed by atoms with Crippen molar-refractivity contribution in [3.63, 3.8) is 0 Å². The van der Waals surface area contributed by atoms with Crippen molar-refractivity contribution in [3.05, 3.63) is 39.9 Å². The van der Waals surface area contributed by atoms with Gasteiger partial charge in [0.15, 0.2) is 6.19 Å². The largest absolute Gasteiger partial charge is 0.506 e. The molecule has 0 radical (unpaired) electrons. The Morgan fingerprint density at radius 3 is 2.72 bits per heavy atom. The quantitative estimate of drug-likeness (QED) is 0.378. The molecule has 0 saturated heterocycles.